The molecule has 5 heteroatoms. The summed E-state index contributed by atoms with van der Waals surface area (Å²) in [5.41, 5.74) is 1.98. The Bertz CT molecular complexity index is 909. The summed E-state index contributed by atoms with van der Waals surface area (Å²) < 4.78 is 8.21. The maximum Gasteiger partial charge on any atom is 0.222 e. The van der Waals surface area contributed by atoms with Gasteiger partial charge in [-0.05, 0) is 13.0 Å². The van der Waals surface area contributed by atoms with Gasteiger partial charge in [0.25, 0.3) is 0 Å². The van der Waals surface area contributed by atoms with Crippen LogP contribution in [0.2, 0.25) is 0 Å². The van der Waals surface area contributed by atoms with Crippen molar-refractivity contribution in [3.05, 3.63) is 42.4 Å². The average molecular weight is 337 g/mol. The van der Waals surface area contributed by atoms with Gasteiger partial charge in [-0.2, -0.15) is 0 Å². The topological polar surface area (TPSA) is 51.3 Å². The molecule has 25 heavy (non-hydrogen) atoms. The van der Waals surface area contributed by atoms with Crippen LogP contribution in [0.5, 0.6) is 0 Å². The second-order valence-electron chi connectivity index (χ2n) is 6.66. The fourth-order valence-corrected chi connectivity index (χ4v) is 3.83. The first-order chi connectivity index (χ1) is 12.2. The predicted octanol–water partition coefficient (Wildman–Crippen LogP) is 3.73. The molecule has 0 radical (unpaired) electrons. The summed E-state index contributed by atoms with van der Waals surface area (Å²) in [6, 6.07) is 8.11. The van der Waals surface area contributed by atoms with E-state index in [1.807, 2.05) is 42.4 Å². The van der Waals surface area contributed by atoms with Crippen LogP contribution in [-0.2, 0) is 17.8 Å². The minimum absolute atomic E-state index is 0.261. The Kier molecular flexibility index (Phi) is 4.07. The highest BCUT2D eigenvalue weighted by Gasteiger charge is 2.29. The molecule has 1 saturated heterocycles. The van der Waals surface area contributed by atoms with Crippen molar-refractivity contribution in [2.45, 2.75) is 33.2 Å². The van der Waals surface area contributed by atoms with Gasteiger partial charge >= 0.3 is 0 Å². The monoisotopic (exact) mass is 337 g/mol. The van der Waals surface area contributed by atoms with Crippen molar-refractivity contribution in [3.8, 4) is 11.4 Å². The van der Waals surface area contributed by atoms with E-state index in [4.69, 9.17) is 4.42 Å². The van der Waals surface area contributed by atoms with E-state index in [1.165, 1.54) is 0 Å². The summed E-state index contributed by atoms with van der Waals surface area (Å²) in [4.78, 5) is 18.6. The number of carbonyl (C=O) groups excluding carboxylic acids is 1. The Balaban J connectivity index is 1.70. The van der Waals surface area contributed by atoms with Gasteiger partial charge in [-0.3, -0.25) is 4.79 Å². The lowest BCUT2D eigenvalue weighted by Gasteiger charge is -2.15. The molecule has 1 aliphatic heterocycles. The maximum absolute atomic E-state index is 12.0. The first-order valence-electron chi connectivity index (χ1n) is 9.01. The normalized spacial score (nSPS) is 17.8. The van der Waals surface area contributed by atoms with Gasteiger partial charge in [-0.15, -0.1) is 0 Å². The number of aromatic nitrogens is 2. The highest BCUT2D eigenvalue weighted by atomic mass is 16.3. The Morgan fingerprint density at radius 2 is 2.12 bits per heavy atom. The molecular weight excluding hydrogens is 314 g/mol. The van der Waals surface area contributed by atoms with E-state index in [9.17, 15) is 4.79 Å². The number of hydrogen-bond donors (Lipinski definition) is 0. The number of imidazole rings is 1. The number of amides is 1. The molecule has 1 aliphatic rings. The average Bonchev–Trinajstić information content (AvgIpc) is 3.31. The van der Waals surface area contributed by atoms with Crippen LogP contribution in [0.1, 0.15) is 26.0 Å². The minimum atomic E-state index is 0.261. The van der Waals surface area contributed by atoms with E-state index in [0.717, 1.165) is 54.2 Å². The van der Waals surface area contributed by atoms with Crippen molar-refractivity contribution in [3.63, 3.8) is 0 Å². The van der Waals surface area contributed by atoms with Crippen molar-refractivity contribution >= 4 is 16.9 Å². The third kappa shape index (κ3) is 2.73. The fraction of sp³-hybridized carbons (Fsp3) is 0.400. The van der Waals surface area contributed by atoms with Gasteiger partial charge in [0.05, 0.1) is 5.56 Å². The highest BCUT2D eigenvalue weighted by Crippen LogP contribution is 2.35. The molecule has 2 aromatic heterocycles. The van der Waals surface area contributed by atoms with Gasteiger partial charge in [0.1, 0.15) is 17.2 Å². The lowest BCUT2D eigenvalue weighted by Crippen LogP contribution is -2.25. The summed E-state index contributed by atoms with van der Waals surface area (Å²) in [6.45, 7) is 6.57. The van der Waals surface area contributed by atoms with Crippen LogP contribution >= 0.6 is 0 Å². The molecule has 3 heterocycles. The lowest BCUT2D eigenvalue weighted by molar-refractivity contribution is -0.127. The molecule has 130 valence electrons. The Morgan fingerprint density at radius 3 is 2.88 bits per heavy atom. The van der Waals surface area contributed by atoms with E-state index in [0.29, 0.717) is 12.3 Å². The number of para-hydroxylation sites is 1. The quantitative estimate of drug-likeness (QED) is 0.713. The van der Waals surface area contributed by atoms with Crippen molar-refractivity contribution < 1.29 is 9.21 Å². The number of carbonyl (C=O) groups is 1. The summed E-state index contributed by atoms with van der Waals surface area (Å²) >= 11 is 0. The Labute approximate surface area is 147 Å². The number of nitrogens with zero attached hydrogens (tertiary/aromatic N) is 3. The van der Waals surface area contributed by atoms with Crippen molar-refractivity contribution in [2.24, 2.45) is 5.92 Å². The zero-order valence-electron chi connectivity index (χ0n) is 14.7. The zero-order chi connectivity index (χ0) is 17.4. The van der Waals surface area contributed by atoms with E-state index in [1.54, 1.807) is 0 Å². The number of fused-ring (bicyclic) bond motifs is 1. The SMILES string of the molecule is CCc1oc2ccccc2c1-c1nccn1C[C@@H]1CC(=O)N(CC)C1. The van der Waals surface area contributed by atoms with Gasteiger partial charge in [0.15, 0.2) is 0 Å². The van der Waals surface area contributed by atoms with Crippen LogP contribution < -0.4 is 0 Å². The van der Waals surface area contributed by atoms with Gasteiger partial charge < -0.3 is 13.9 Å². The molecule has 3 aromatic rings. The number of rotatable bonds is 5. The Hall–Kier alpha value is -2.56. The second kappa shape index (κ2) is 6.39. The van der Waals surface area contributed by atoms with Crippen LogP contribution in [0.15, 0.2) is 41.1 Å². The molecule has 5 nitrogen and oxygen atoms in total. The van der Waals surface area contributed by atoms with Crippen LogP contribution in [0, 0.1) is 5.92 Å². The van der Waals surface area contributed by atoms with Crippen LogP contribution in [0.3, 0.4) is 0 Å². The molecule has 0 spiro atoms. The van der Waals surface area contributed by atoms with Gasteiger partial charge in [-0.1, -0.05) is 25.1 Å². The van der Waals surface area contributed by atoms with Crippen molar-refractivity contribution in [1.29, 1.82) is 0 Å². The van der Waals surface area contributed by atoms with Gasteiger partial charge in [0.2, 0.25) is 5.91 Å². The highest BCUT2D eigenvalue weighted by molar-refractivity contribution is 5.94. The standard InChI is InChI=1S/C20H23N3O2/c1-3-16-19(15-7-5-6-8-17(15)25-16)20-21-9-10-23(20)13-14-11-18(24)22(4-2)12-14/h5-10,14H,3-4,11-13H2,1-2H3/t14-/m1/s1. The number of furan rings is 1. The molecule has 1 fully saturated rings. The second-order valence-corrected chi connectivity index (χ2v) is 6.66. The minimum Gasteiger partial charge on any atom is -0.460 e. The molecule has 0 unspecified atom stereocenters. The molecule has 1 aromatic carbocycles. The van der Waals surface area contributed by atoms with Crippen LogP contribution in [-0.4, -0.2) is 33.4 Å². The lowest BCUT2D eigenvalue weighted by atomic mass is 10.1. The largest absolute Gasteiger partial charge is 0.460 e. The Morgan fingerprint density at radius 1 is 1.28 bits per heavy atom. The smallest absolute Gasteiger partial charge is 0.222 e. The third-order valence-corrected chi connectivity index (χ3v) is 5.06. The van der Waals surface area contributed by atoms with Crippen molar-refractivity contribution in [1.82, 2.24) is 14.5 Å². The van der Waals surface area contributed by atoms with Crippen LogP contribution in [0.25, 0.3) is 22.4 Å². The van der Waals surface area contributed by atoms with E-state index in [2.05, 4.69) is 22.5 Å². The number of benzene rings is 1. The summed E-state index contributed by atoms with van der Waals surface area (Å²) in [5, 5.41) is 1.10. The molecule has 1 atom stereocenters. The first-order valence-corrected chi connectivity index (χ1v) is 9.01. The van der Waals surface area contributed by atoms with Crippen LogP contribution in [0.4, 0.5) is 0 Å². The predicted molar refractivity (Wildman–Crippen MR) is 97.2 cm³/mol. The number of aryl methyl sites for hydroxylation is 1. The number of likely N-dealkylation sites (tertiary alicyclic amines) is 1. The molecular formula is C20H23N3O2. The summed E-state index contributed by atoms with van der Waals surface area (Å²) in [6.07, 6.45) is 5.29. The molecule has 0 bridgehead atoms. The van der Waals surface area contributed by atoms with E-state index < -0.39 is 0 Å². The van der Waals surface area contributed by atoms with E-state index >= 15 is 0 Å². The summed E-state index contributed by atoms with van der Waals surface area (Å²) in [7, 11) is 0. The summed E-state index contributed by atoms with van der Waals surface area (Å²) in [5.74, 6) is 2.50. The number of hydrogen-bond acceptors (Lipinski definition) is 3. The van der Waals surface area contributed by atoms with Gasteiger partial charge in [-0.25, -0.2) is 4.98 Å². The molecule has 0 aliphatic carbocycles. The fourth-order valence-electron chi connectivity index (χ4n) is 3.83. The maximum atomic E-state index is 12.0. The molecule has 4 rings (SSSR count). The van der Waals surface area contributed by atoms with Gasteiger partial charge in [0, 0.05) is 56.2 Å². The van der Waals surface area contributed by atoms with E-state index in [-0.39, 0.29) is 5.91 Å². The third-order valence-electron chi connectivity index (χ3n) is 5.06. The van der Waals surface area contributed by atoms with Crippen molar-refractivity contribution in [2.75, 3.05) is 13.1 Å². The first kappa shape index (κ1) is 15.9. The molecule has 0 saturated carbocycles. The molecule has 1 amide bonds. The molecule has 0 N–H and O–H groups in total. The zero-order valence-corrected chi connectivity index (χ0v) is 14.7.